The van der Waals surface area contributed by atoms with Crippen molar-refractivity contribution in [2.75, 3.05) is 7.18 Å². The third-order valence-corrected chi connectivity index (χ3v) is 2.01. The van der Waals surface area contributed by atoms with E-state index in [2.05, 4.69) is 19.1 Å². The van der Waals surface area contributed by atoms with Crippen molar-refractivity contribution in [2.24, 2.45) is 5.92 Å². The Morgan fingerprint density at radius 2 is 2.10 bits per heavy atom. The zero-order chi connectivity index (χ0) is 7.56. The first-order valence-corrected chi connectivity index (χ1v) is 3.58. The maximum atomic E-state index is 9.50. The standard InChI is InChI=1S/C7H10O.CH3F/c1-5-4-6-2-3-7(5)8-6;1-2/h2-3,5-7H,4H2,1H3;1H3. The first-order chi connectivity index (χ1) is 4.86. The van der Waals surface area contributed by atoms with Gasteiger partial charge in [0.1, 0.15) is 0 Å². The highest BCUT2D eigenvalue weighted by Gasteiger charge is 2.33. The Hall–Kier alpha value is -0.370. The van der Waals surface area contributed by atoms with E-state index in [1.54, 1.807) is 0 Å². The second kappa shape index (κ2) is 3.15. The van der Waals surface area contributed by atoms with E-state index in [4.69, 9.17) is 4.74 Å². The maximum Gasteiger partial charge on any atom is 0.0791 e. The van der Waals surface area contributed by atoms with Crippen LogP contribution in [0.2, 0.25) is 0 Å². The lowest BCUT2D eigenvalue weighted by molar-refractivity contribution is 0.111. The molecule has 0 radical (unpaired) electrons. The van der Waals surface area contributed by atoms with Gasteiger partial charge in [-0.05, 0) is 12.3 Å². The summed E-state index contributed by atoms with van der Waals surface area (Å²) in [5.41, 5.74) is 0. The van der Waals surface area contributed by atoms with Crippen molar-refractivity contribution < 1.29 is 9.13 Å². The summed E-state index contributed by atoms with van der Waals surface area (Å²) in [6.07, 6.45) is 6.51. The van der Waals surface area contributed by atoms with E-state index >= 15 is 0 Å². The second-order valence-corrected chi connectivity index (χ2v) is 2.74. The first kappa shape index (κ1) is 7.73. The fourth-order valence-electron chi connectivity index (χ4n) is 1.48. The molecule has 0 aromatic carbocycles. The average Bonchev–Trinajstić information content (AvgIpc) is 2.52. The number of hydrogen-bond donors (Lipinski definition) is 0. The molecule has 2 heterocycles. The van der Waals surface area contributed by atoms with Gasteiger partial charge in [0.15, 0.2) is 0 Å². The monoisotopic (exact) mass is 144 g/mol. The van der Waals surface area contributed by atoms with Gasteiger partial charge in [0, 0.05) is 0 Å². The molecule has 0 aromatic rings. The Bertz CT molecular complexity index is 133. The fraction of sp³-hybridized carbons (Fsp3) is 0.750. The highest BCUT2D eigenvalue weighted by atomic mass is 19.1. The van der Waals surface area contributed by atoms with Gasteiger partial charge in [0.2, 0.25) is 0 Å². The van der Waals surface area contributed by atoms with E-state index in [1.807, 2.05) is 0 Å². The fourth-order valence-corrected chi connectivity index (χ4v) is 1.48. The average molecular weight is 144 g/mol. The molecule has 10 heavy (non-hydrogen) atoms. The van der Waals surface area contributed by atoms with Crippen LogP contribution in [0.3, 0.4) is 0 Å². The van der Waals surface area contributed by atoms with Gasteiger partial charge in [0.25, 0.3) is 0 Å². The number of fused-ring (bicyclic) bond motifs is 2. The third-order valence-electron chi connectivity index (χ3n) is 2.01. The Morgan fingerprint density at radius 3 is 2.30 bits per heavy atom. The Morgan fingerprint density at radius 1 is 1.40 bits per heavy atom. The summed E-state index contributed by atoms with van der Waals surface area (Å²) in [7, 11) is 0.500. The summed E-state index contributed by atoms with van der Waals surface area (Å²) in [5, 5.41) is 0. The van der Waals surface area contributed by atoms with E-state index in [0.29, 0.717) is 19.4 Å². The molecule has 2 rings (SSSR count). The Labute approximate surface area is 60.9 Å². The van der Waals surface area contributed by atoms with Gasteiger partial charge in [-0.15, -0.1) is 0 Å². The zero-order valence-electron chi connectivity index (χ0n) is 6.38. The summed E-state index contributed by atoms with van der Waals surface area (Å²) < 4.78 is 15.0. The van der Waals surface area contributed by atoms with E-state index in [1.165, 1.54) is 6.42 Å². The van der Waals surface area contributed by atoms with Crippen molar-refractivity contribution in [3.63, 3.8) is 0 Å². The molecule has 2 heteroatoms. The van der Waals surface area contributed by atoms with Crippen LogP contribution in [0.15, 0.2) is 12.2 Å². The van der Waals surface area contributed by atoms with E-state index in [-0.39, 0.29) is 0 Å². The molecule has 2 bridgehead atoms. The molecule has 2 aliphatic heterocycles. The van der Waals surface area contributed by atoms with E-state index < -0.39 is 0 Å². The van der Waals surface area contributed by atoms with Crippen LogP contribution in [0.4, 0.5) is 4.39 Å². The highest BCUT2D eigenvalue weighted by Crippen LogP contribution is 2.32. The lowest BCUT2D eigenvalue weighted by Gasteiger charge is -2.06. The van der Waals surface area contributed by atoms with Crippen LogP contribution < -0.4 is 0 Å². The van der Waals surface area contributed by atoms with Gasteiger partial charge in [-0.1, -0.05) is 19.1 Å². The molecule has 3 unspecified atom stereocenters. The smallest absolute Gasteiger partial charge is 0.0791 e. The predicted molar refractivity (Wildman–Crippen MR) is 38.6 cm³/mol. The Balaban J connectivity index is 0.000000231. The normalized spacial score (nSPS) is 41.3. The third kappa shape index (κ3) is 1.21. The van der Waals surface area contributed by atoms with Crippen molar-refractivity contribution in [3.05, 3.63) is 12.2 Å². The van der Waals surface area contributed by atoms with E-state index in [0.717, 1.165) is 5.92 Å². The highest BCUT2D eigenvalue weighted by molar-refractivity contribution is 5.09. The van der Waals surface area contributed by atoms with Gasteiger partial charge in [-0.25, -0.2) is 0 Å². The molecule has 1 nitrogen and oxygen atoms in total. The molecule has 1 saturated heterocycles. The van der Waals surface area contributed by atoms with Crippen molar-refractivity contribution in [3.8, 4) is 0 Å². The van der Waals surface area contributed by atoms with Gasteiger partial charge in [-0.3, -0.25) is 4.39 Å². The minimum absolute atomic E-state index is 0.458. The van der Waals surface area contributed by atoms with Crippen LogP contribution in [0.1, 0.15) is 13.3 Å². The van der Waals surface area contributed by atoms with Gasteiger partial charge in [0.05, 0.1) is 19.4 Å². The molecule has 0 spiro atoms. The maximum absolute atomic E-state index is 9.50. The molecule has 0 N–H and O–H groups in total. The minimum atomic E-state index is 0.458. The molecule has 0 amide bonds. The molecular formula is C8H13FO. The van der Waals surface area contributed by atoms with Gasteiger partial charge in [-0.2, -0.15) is 0 Å². The number of rotatable bonds is 0. The second-order valence-electron chi connectivity index (χ2n) is 2.74. The summed E-state index contributed by atoms with van der Waals surface area (Å²) >= 11 is 0. The molecule has 0 saturated carbocycles. The zero-order valence-corrected chi connectivity index (χ0v) is 6.38. The number of alkyl halides is 1. The van der Waals surface area contributed by atoms with Crippen LogP contribution in [0.5, 0.6) is 0 Å². The predicted octanol–water partition coefficient (Wildman–Crippen LogP) is 1.94. The minimum Gasteiger partial charge on any atom is -0.367 e. The van der Waals surface area contributed by atoms with Crippen LogP contribution in [-0.4, -0.2) is 19.4 Å². The van der Waals surface area contributed by atoms with Crippen LogP contribution in [0, 0.1) is 5.92 Å². The van der Waals surface area contributed by atoms with Gasteiger partial charge < -0.3 is 4.74 Å². The van der Waals surface area contributed by atoms with Gasteiger partial charge >= 0.3 is 0 Å². The first-order valence-electron chi connectivity index (χ1n) is 3.58. The lowest BCUT2D eigenvalue weighted by atomic mass is 9.97. The van der Waals surface area contributed by atoms with Crippen molar-refractivity contribution in [1.82, 2.24) is 0 Å². The lowest BCUT2D eigenvalue weighted by Crippen LogP contribution is -2.07. The number of halogens is 1. The quantitative estimate of drug-likeness (QED) is 0.472. The molecule has 58 valence electrons. The summed E-state index contributed by atoms with van der Waals surface area (Å²) in [4.78, 5) is 0. The summed E-state index contributed by atoms with van der Waals surface area (Å²) in [6, 6.07) is 0. The van der Waals surface area contributed by atoms with Crippen LogP contribution in [-0.2, 0) is 4.74 Å². The molecule has 3 atom stereocenters. The Kier molecular flexibility index (Phi) is 2.44. The summed E-state index contributed by atoms with van der Waals surface area (Å²) in [5.74, 6) is 0.769. The molecule has 2 aliphatic rings. The topological polar surface area (TPSA) is 9.23 Å². The van der Waals surface area contributed by atoms with E-state index in [9.17, 15) is 4.39 Å². The number of ether oxygens (including phenoxy) is 1. The molecular weight excluding hydrogens is 131 g/mol. The van der Waals surface area contributed by atoms with Crippen molar-refractivity contribution in [2.45, 2.75) is 25.6 Å². The van der Waals surface area contributed by atoms with Crippen LogP contribution >= 0.6 is 0 Å². The molecule has 0 aromatic heterocycles. The van der Waals surface area contributed by atoms with Crippen LogP contribution in [0.25, 0.3) is 0 Å². The van der Waals surface area contributed by atoms with Crippen molar-refractivity contribution >= 4 is 0 Å². The SMILES string of the molecule is CC1CC2C=CC1O2.CF. The van der Waals surface area contributed by atoms with Crippen molar-refractivity contribution in [1.29, 1.82) is 0 Å². The summed E-state index contributed by atoms with van der Waals surface area (Å²) in [6.45, 7) is 2.24. The molecule has 1 fully saturated rings. The largest absolute Gasteiger partial charge is 0.367 e. The number of hydrogen-bond acceptors (Lipinski definition) is 1. The molecule has 0 aliphatic carbocycles.